The third-order valence-electron chi connectivity index (χ3n) is 3.17. The Balaban J connectivity index is 2.13. The van der Waals surface area contributed by atoms with Crippen LogP contribution in [0.2, 0.25) is 0 Å². The quantitative estimate of drug-likeness (QED) is 0.797. The van der Waals surface area contributed by atoms with Gasteiger partial charge in [0.15, 0.2) is 11.6 Å². The number of hydrogen-bond acceptors (Lipinski definition) is 4. The lowest BCUT2D eigenvalue weighted by Crippen LogP contribution is -2.04. The van der Waals surface area contributed by atoms with Gasteiger partial charge in [0.05, 0.1) is 0 Å². The van der Waals surface area contributed by atoms with E-state index in [1.807, 2.05) is 61.1 Å². The predicted octanol–water partition coefficient (Wildman–Crippen LogP) is 2.98. The Morgan fingerprint density at radius 3 is 2.62 bits per heavy atom. The fraction of sp³-hybridized carbons (Fsp3) is 0.188. The van der Waals surface area contributed by atoms with E-state index in [1.165, 1.54) is 0 Å². The summed E-state index contributed by atoms with van der Waals surface area (Å²) in [7, 11) is 1.96. The summed E-state index contributed by atoms with van der Waals surface area (Å²) >= 11 is 0. The summed E-state index contributed by atoms with van der Waals surface area (Å²) in [5.74, 6) is 2.34. The number of nitrogens with one attached hydrogen (secondary N) is 1. The zero-order valence-corrected chi connectivity index (χ0v) is 12.1. The van der Waals surface area contributed by atoms with Gasteiger partial charge in [-0.05, 0) is 6.92 Å². The number of imidazole rings is 1. The van der Waals surface area contributed by atoms with Crippen molar-refractivity contribution in [3.05, 3.63) is 48.8 Å². The van der Waals surface area contributed by atoms with Gasteiger partial charge in [0.25, 0.3) is 0 Å². The molecule has 21 heavy (non-hydrogen) atoms. The second kappa shape index (κ2) is 5.75. The molecule has 3 rings (SSSR count). The first-order chi connectivity index (χ1) is 10.3. The van der Waals surface area contributed by atoms with Crippen LogP contribution in [-0.2, 0) is 7.05 Å². The van der Waals surface area contributed by atoms with Crippen molar-refractivity contribution in [3.8, 4) is 22.9 Å². The van der Waals surface area contributed by atoms with E-state index < -0.39 is 0 Å². The maximum Gasteiger partial charge on any atom is 0.162 e. The van der Waals surface area contributed by atoms with Gasteiger partial charge in [-0.25, -0.2) is 15.0 Å². The molecule has 0 amide bonds. The average molecular weight is 279 g/mol. The minimum absolute atomic E-state index is 0.701. The van der Waals surface area contributed by atoms with E-state index in [1.54, 1.807) is 6.20 Å². The molecule has 0 saturated carbocycles. The van der Waals surface area contributed by atoms with Crippen LogP contribution >= 0.6 is 0 Å². The van der Waals surface area contributed by atoms with Gasteiger partial charge >= 0.3 is 0 Å². The van der Waals surface area contributed by atoms with E-state index >= 15 is 0 Å². The minimum Gasteiger partial charge on any atom is -0.370 e. The van der Waals surface area contributed by atoms with Crippen molar-refractivity contribution in [2.45, 2.75) is 6.92 Å². The summed E-state index contributed by atoms with van der Waals surface area (Å²) in [5, 5.41) is 3.25. The molecular formula is C16H17N5. The molecule has 1 N–H and O–H groups in total. The molecule has 0 unspecified atom stereocenters. The summed E-state index contributed by atoms with van der Waals surface area (Å²) in [6.45, 7) is 2.86. The van der Waals surface area contributed by atoms with Crippen LogP contribution in [0.4, 0.5) is 5.82 Å². The Bertz CT molecular complexity index is 733. The van der Waals surface area contributed by atoms with Gasteiger partial charge in [-0.1, -0.05) is 30.3 Å². The second-order valence-electron chi connectivity index (χ2n) is 4.72. The molecule has 106 valence electrons. The zero-order chi connectivity index (χ0) is 14.7. The summed E-state index contributed by atoms with van der Waals surface area (Å²) < 4.78 is 1.95. The highest BCUT2D eigenvalue weighted by molar-refractivity contribution is 5.64. The molecule has 0 atom stereocenters. The predicted molar refractivity (Wildman–Crippen MR) is 83.8 cm³/mol. The molecule has 0 aliphatic heterocycles. The van der Waals surface area contributed by atoms with Crippen molar-refractivity contribution in [1.82, 2.24) is 19.5 Å². The SMILES string of the molecule is CCNc1cc(-c2nccn2C)nc(-c2ccccc2)n1. The van der Waals surface area contributed by atoms with Crippen molar-refractivity contribution in [2.75, 3.05) is 11.9 Å². The van der Waals surface area contributed by atoms with Crippen LogP contribution in [0.3, 0.4) is 0 Å². The van der Waals surface area contributed by atoms with Gasteiger partial charge in [-0.15, -0.1) is 0 Å². The minimum atomic E-state index is 0.701. The molecule has 3 aromatic rings. The Hall–Kier alpha value is -2.69. The van der Waals surface area contributed by atoms with Gasteiger partial charge in [0.2, 0.25) is 0 Å². The molecule has 1 aromatic carbocycles. The van der Waals surface area contributed by atoms with Crippen LogP contribution in [0.5, 0.6) is 0 Å². The monoisotopic (exact) mass is 279 g/mol. The third-order valence-corrected chi connectivity index (χ3v) is 3.17. The second-order valence-corrected chi connectivity index (χ2v) is 4.72. The molecule has 5 nitrogen and oxygen atoms in total. The molecule has 2 aromatic heterocycles. The molecule has 0 aliphatic rings. The van der Waals surface area contributed by atoms with Gasteiger partial charge in [0.1, 0.15) is 11.5 Å². The number of aryl methyl sites for hydroxylation is 1. The molecule has 0 radical (unpaired) electrons. The van der Waals surface area contributed by atoms with E-state index in [4.69, 9.17) is 0 Å². The fourth-order valence-corrected chi connectivity index (χ4v) is 2.16. The van der Waals surface area contributed by atoms with Gasteiger partial charge in [0, 0.05) is 37.6 Å². The third kappa shape index (κ3) is 2.76. The number of anilines is 1. The molecule has 2 heterocycles. The van der Waals surface area contributed by atoms with Gasteiger partial charge in [-0.3, -0.25) is 0 Å². The lowest BCUT2D eigenvalue weighted by molar-refractivity contribution is 0.915. The summed E-state index contributed by atoms with van der Waals surface area (Å²) in [6.07, 6.45) is 3.68. The maximum absolute atomic E-state index is 4.65. The normalized spacial score (nSPS) is 10.6. The zero-order valence-electron chi connectivity index (χ0n) is 12.1. The summed E-state index contributed by atoms with van der Waals surface area (Å²) in [4.78, 5) is 13.6. The molecule has 0 saturated heterocycles. The standard InChI is InChI=1S/C16H17N5/c1-3-17-14-11-13(16-18-9-10-21(16)2)19-15(20-14)12-7-5-4-6-8-12/h4-11H,3H2,1-2H3,(H,17,19,20). The first kappa shape index (κ1) is 13.3. The molecule has 0 aliphatic carbocycles. The summed E-state index contributed by atoms with van der Waals surface area (Å²) in [6, 6.07) is 11.9. The van der Waals surface area contributed by atoms with E-state index in [2.05, 4.69) is 20.3 Å². The highest BCUT2D eigenvalue weighted by Crippen LogP contribution is 2.22. The first-order valence-corrected chi connectivity index (χ1v) is 6.94. The van der Waals surface area contributed by atoms with Crippen molar-refractivity contribution in [1.29, 1.82) is 0 Å². The number of benzene rings is 1. The van der Waals surface area contributed by atoms with E-state index in [0.29, 0.717) is 5.82 Å². The number of nitrogens with zero attached hydrogens (tertiary/aromatic N) is 4. The first-order valence-electron chi connectivity index (χ1n) is 6.94. The Labute approximate surface area is 123 Å². The molecule has 0 bridgehead atoms. The van der Waals surface area contributed by atoms with Crippen LogP contribution in [0.15, 0.2) is 48.8 Å². The summed E-state index contributed by atoms with van der Waals surface area (Å²) in [5.41, 5.74) is 1.81. The van der Waals surface area contributed by atoms with Crippen LogP contribution in [0.1, 0.15) is 6.92 Å². The van der Waals surface area contributed by atoms with E-state index in [0.717, 1.165) is 29.4 Å². The Morgan fingerprint density at radius 2 is 1.95 bits per heavy atom. The molecule has 0 spiro atoms. The highest BCUT2D eigenvalue weighted by Gasteiger charge is 2.11. The fourth-order valence-electron chi connectivity index (χ4n) is 2.16. The van der Waals surface area contributed by atoms with Crippen LogP contribution in [0, 0.1) is 0 Å². The topological polar surface area (TPSA) is 55.6 Å². The molecular weight excluding hydrogens is 262 g/mol. The Morgan fingerprint density at radius 1 is 1.14 bits per heavy atom. The van der Waals surface area contributed by atoms with Crippen molar-refractivity contribution >= 4 is 5.82 Å². The lowest BCUT2D eigenvalue weighted by atomic mass is 10.2. The smallest absolute Gasteiger partial charge is 0.162 e. The lowest BCUT2D eigenvalue weighted by Gasteiger charge is -2.09. The van der Waals surface area contributed by atoms with E-state index in [-0.39, 0.29) is 0 Å². The molecule has 0 fully saturated rings. The number of aromatic nitrogens is 4. The van der Waals surface area contributed by atoms with Crippen LogP contribution in [-0.4, -0.2) is 26.1 Å². The maximum atomic E-state index is 4.65. The largest absolute Gasteiger partial charge is 0.370 e. The highest BCUT2D eigenvalue weighted by atomic mass is 15.1. The van der Waals surface area contributed by atoms with Crippen LogP contribution in [0.25, 0.3) is 22.9 Å². The molecule has 5 heteroatoms. The van der Waals surface area contributed by atoms with Crippen molar-refractivity contribution in [3.63, 3.8) is 0 Å². The van der Waals surface area contributed by atoms with Gasteiger partial charge in [-0.2, -0.15) is 0 Å². The van der Waals surface area contributed by atoms with Crippen molar-refractivity contribution < 1.29 is 0 Å². The van der Waals surface area contributed by atoms with E-state index in [9.17, 15) is 0 Å². The van der Waals surface area contributed by atoms with Gasteiger partial charge < -0.3 is 9.88 Å². The van der Waals surface area contributed by atoms with Crippen molar-refractivity contribution in [2.24, 2.45) is 7.05 Å². The number of hydrogen-bond donors (Lipinski definition) is 1. The number of rotatable bonds is 4. The Kier molecular flexibility index (Phi) is 3.64. The average Bonchev–Trinajstić information content (AvgIpc) is 2.94. The van der Waals surface area contributed by atoms with Crippen LogP contribution < -0.4 is 5.32 Å².